The molecule has 0 saturated carbocycles. The lowest BCUT2D eigenvalue weighted by molar-refractivity contribution is -0.142. The summed E-state index contributed by atoms with van der Waals surface area (Å²) in [6.07, 6.45) is 0.390. The Labute approximate surface area is 226 Å². The van der Waals surface area contributed by atoms with Gasteiger partial charge >= 0.3 is 0 Å². The van der Waals surface area contributed by atoms with Crippen LogP contribution in [-0.2, 0) is 22.6 Å². The third-order valence-corrected chi connectivity index (χ3v) is 6.86. The smallest absolute Gasteiger partial charge is 0.261 e. The third kappa shape index (κ3) is 8.38. The molecule has 0 saturated heterocycles. The number of hydrogen-bond acceptors (Lipinski definition) is 3. The summed E-state index contributed by atoms with van der Waals surface area (Å²) in [6.45, 7) is 6.64. The molecule has 3 aromatic carbocycles. The highest BCUT2D eigenvalue weighted by atomic mass is 79.9. The van der Waals surface area contributed by atoms with E-state index < -0.39 is 6.04 Å². The van der Waals surface area contributed by atoms with Crippen molar-refractivity contribution < 1.29 is 14.3 Å². The minimum Gasteiger partial charge on any atom is -0.484 e. The molecule has 3 aromatic rings. The van der Waals surface area contributed by atoms with E-state index in [0.29, 0.717) is 23.7 Å². The number of aryl methyl sites for hydroxylation is 1. The Morgan fingerprint density at radius 3 is 2.33 bits per heavy atom. The molecule has 0 aromatic heterocycles. The van der Waals surface area contributed by atoms with Gasteiger partial charge in [0, 0.05) is 29.0 Å². The number of nitrogens with one attached hydrogen (secondary N) is 1. The molecule has 3 rings (SSSR count). The Bertz CT molecular complexity index is 1150. The number of hydrogen-bond donors (Lipinski definition) is 1. The fraction of sp³-hybridized carbons (Fsp3) is 0.310. The van der Waals surface area contributed by atoms with Crippen LogP contribution in [0.4, 0.5) is 0 Å². The van der Waals surface area contributed by atoms with Gasteiger partial charge in [-0.15, -0.1) is 0 Å². The van der Waals surface area contributed by atoms with Gasteiger partial charge in [0.15, 0.2) is 6.61 Å². The molecule has 0 aliphatic carbocycles. The van der Waals surface area contributed by atoms with Crippen LogP contribution in [0.1, 0.15) is 30.5 Å². The molecule has 7 heteroatoms. The van der Waals surface area contributed by atoms with Crippen molar-refractivity contribution in [2.45, 2.75) is 39.8 Å². The predicted octanol–water partition coefficient (Wildman–Crippen LogP) is 6.20. The van der Waals surface area contributed by atoms with E-state index in [2.05, 4.69) is 21.2 Å². The molecule has 0 unspecified atom stereocenters. The van der Waals surface area contributed by atoms with Crippen LogP contribution in [0.3, 0.4) is 0 Å². The molecule has 0 spiro atoms. The molecular weight excluding hydrogens is 540 g/mol. The van der Waals surface area contributed by atoms with Gasteiger partial charge in [-0.3, -0.25) is 9.59 Å². The van der Waals surface area contributed by atoms with E-state index in [1.165, 1.54) is 0 Å². The van der Waals surface area contributed by atoms with Crippen molar-refractivity contribution in [2.75, 3.05) is 13.2 Å². The third-order valence-electron chi connectivity index (χ3n) is 5.71. The number of carbonyl (C=O) groups excluding carboxylic acids is 2. The van der Waals surface area contributed by atoms with Crippen LogP contribution in [0, 0.1) is 12.8 Å². The second-order valence-corrected chi connectivity index (χ2v) is 10.5. The van der Waals surface area contributed by atoms with Gasteiger partial charge in [-0.1, -0.05) is 83.8 Å². The lowest BCUT2D eigenvalue weighted by Crippen LogP contribution is -2.52. The number of nitrogens with zero attached hydrogens (tertiary/aromatic N) is 1. The normalized spacial score (nSPS) is 11.7. The summed E-state index contributed by atoms with van der Waals surface area (Å²) >= 11 is 9.56. The first-order valence-electron chi connectivity index (χ1n) is 12.0. The Kier molecular flexibility index (Phi) is 10.4. The monoisotopic (exact) mass is 570 g/mol. The predicted molar refractivity (Wildman–Crippen MR) is 148 cm³/mol. The molecule has 0 radical (unpaired) electrons. The second kappa shape index (κ2) is 13.5. The minimum atomic E-state index is -0.704. The van der Waals surface area contributed by atoms with E-state index in [1.54, 1.807) is 17.0 Å². The molecule has 1 N–H and O–H groups in total. The Morgan fingerprint density at radius 1 is 1.00 bits per heavy atom. The van der Waals surface area contributed by atoms with Crippen molar-refractivity contribution in [3.05, 3.63) is 99.0 Å². The zero-order chi connectivity index (χ0) is 26.1. The number of rotatable bonds is 11. The van der Waals surface area contributed by atoms with Gasteiger partial charge in [-0.05, 0) is 59.9 Å². The van der Waals surface area contributed by atoms with E-state index >= 15 is 0 Å². The van der Waals surface area contributed by atoms with Crippen LogP contribution in [0.2, 0.25) is 5.02 Å². The Balaban J connectivity index is 1.89. The number of carbonyl (C=O) groups is 2. The number of halogens is 2. The average Bonchev–Trinajstić information content (AvgIpc) is 2.87. The molecule has 36 heavy (non-hydrogen) atoms. The largest absolute Gasteiger partial charge is 0.484 e. The van der Waals surface area contributed by atoms with E-state index in [4.69, 9.17) is 16.3 Å². The Hall–Kier alpha value is -2.83. The first-order chi connectivity index (χ1) is 17.2. The molecule has 0 aliphatic rings. The van der Waals surface area contributed by atoms with E-state index in [1.807, 2.05) is 81.4 Å². The van der Waals surface area contributed by atoms with Crippen molar-refractivity contribution in [3.63, 3.8) is 0 Å². The average molecular weight is 572 g/mol. The van der Waals surface area contributed by atoms with Crippen molar-refractivity contribution in [3.8, 4) is 5.75 Å². The lowest BCUT2D eigenvalue weighted by Gasteiger charge is -2.31. The SMILES string of the molecule is Cc1cc(OCC(=O)N(Cc2ccc(Cl)cc2)[C@H](Cc2ccccc2)C(=O)NCC(C)C)ccc1Br. The first-order valence-corrected chi connectivity index (χ1v) is 13.1. The fourth-order valence-corrected chi connectivity index (χ4v) is 4.07. The zero-order valence-electron chi connectivity index (χ0n) is 20.8. The van der Waals surface area contributed by atoms with E-state index in [-0.39, 0.29) is 30.9 Å². The van der Waals surface area contributed by atoms with Crippen LogP contribution in [-0.4, -0.2) is 35.9 Å². The lowest BCUT2D eigenvalue weighted by atomic mass is 10.0. The summed E-state index contributed by atoms with van der Waals surface area (Å²) in [5, 5.41) is 3.63. The summed E-state index contributed by atoms with van der Waals surface area (Å²) in [5.74, 6) is 0.426. The Morgan fingerprint density at radius 2 is 1.69 bits per heavy atom. The van der Waals surface area contributed by atoms with Gasteiger partial charge in [0.25, 0.3) is 5.91 Å². The summed E-state index contributed by atoms with van der Waals surface area (Å²) in [7, 11) is 0. The van der Waals surface area contributed by atoms with Crippen LogP contribution in [0.25, 0.3) is 0 Å². The molecule has 0 fully saturated rings. The number of ether oxygens (including phenoxy) is 1. The molecule has 1 atom stereocenters. The van der Waals surface area contributed by atoms with Crippen LogP contribution in [0.5, 0.6) is 5.75 Å². The van der Waals surface area contributed by atoms with Gasteiger partial charge < -0.3 is 15.0 Å². The van der Waals surface area contributed by atoms with Gasteiger partial charge in [-0.2, -0.15) is 0 Å². The van der Waals surface area contributed by atoms with Crippen LogP contribution >= 0.6 is 27.5 Å². The highest BCUT2D eigenvalue weighted by Crippen LogP contribution is 2.22. The second-order valence-electron chi connectivity index (χ2n) is 9.19. The van der Waals surface area contributed by atoms with Crippen molar-refractivity contribution in [1.82, 2.24) is 10.2 Å². The zero-order valence-corrected chi connectivity index (χ0v) is 23.2. The van der Waals surface area contributed by atoms with Crippen molar-refractivity contribution in [1.29, 1.82) is 0 Å². The molecular formula is C29H32BrClN2O3. The van der Waals surface area contributed by atoms with Crippen molar-refractivity contribution in [2.24, 2.45) is 5.92 Å². The van der Waals surface area contributed by atoms with Crippen LogP contribution < -0.4 is 10.1 Å². The maximum Gasteiger partial charge on any atom is 0.261 e. The number of amides is 2. The molecule has 0 bridgehead atoms. The van der Waals surface area contributed by atoms with Gasteiger partial charge in [0.2, 0.25) is 5.91 Å². The summed E-state index contributed by atoms with van der Waals surface area (Å²) < 4.78 is 6.82. The highest BCUT2D eigenvalue weighted by molar-refractivity contribution is 9.10. The topological polar surface area (TPSA) is 58.6 Å². The van der Waals surface area contributed by atoms with Crippen molar-refractivity contribution >= 4 is 39.3 Å². The molecule has 190 valence electrons. The maximum atomic E-state index is 13.6. The van der Waals surface area contributed by atoms with Gasteiger partial charge in [0.05, 0.1) is 0 Å². The summed E-state index contributed by atoms with van der Waals surface area (Å²) in [4.78, 5) is 28.6. The molecule has 5 nitrogen and oxygen atoms in total. The molecule has 0 aliphatic heterocycles. The minimum absolute atomic E-state index is 0.183. The maximum absolute atomic E-state index is 13.6. The summed E-state index contributed by atoms with van der Waals surface area (Å²) in [5.41, 5.74) is 2.86. The van der Waals surface area contributed by atoms with Gasteiger partial charge in [-0.25, -0.2) is 0 Å². The quantitative estimate of drug-likeness (QED) is 0.298. The molecule has 2 amide bonds. The van der Waals surface area contributed by atoms with Crippen LogP contribution in [0.15, 0.2) is 77.3 Å². The summed E-state index contributed by atoms with van der Waals surface area (Å²) in [6, 6.07) is 21.9. The highest BCUT2D eigenvalue weighted by Gasteiger charge is 2.30. The fourth-order valence-electron chi connectivity index (χ4n) is 3.70. The molecule has 0 heterocycles. The van der Waals surface area contributed by atoms with Gasteiger partial charge in [0.1, 0.15) is 11.8 Å². The number of benzene rings is 3. The van der Waals surface area contributed by atoms with E-state index in [9.17, 15) is 9.59 Å². The standard InChI is InChI=1S/C29H32BrClN2O3/c1-20(2)17-32-29(35)27(16-22-7-5-4-6-8-22)33(18-23-9-11-24(31)12-10-23)28(34)19-36-25-13-14-26(30)21(3)15-25/h4-15,20,27H,16-19H2,1-3H3,(H,32,35)/t27-/m1/s1. The first kappa shape index (κ1) is 27.8. The van der Waals surface area contributed by atoms with E-state index in [0.717, 1.165) is 21.2 Å².